The Bertz CT molecular complexity index is 618. The van der Waals surface area contributed by atoms with Gasteiger partial charge in [0.15, 0.2) is 0 Å². The Kier molecular flexibility index (Phi) is 3.93. The molecule has 6 heteroatoms. The van der Waals surface area contributed by atoms with Crippen LogP contribution < -0.4 is 16.0 Å². The van der Waals surface area contributed by atoms with Gasteiger partial charge in [-0.15, -0.1) is 0 Å². The highest BCUT2D eigenvalue weighted by atomic mass is 16.1. The van der Waals surface area contributed by atoms with E-state index in [4.69, 9.17) is 5.73 Å². The molecule has 0 saturated carbocycles. The maximum Gasteiger partial charge on any atom is 0.253 e. The van der Waals surface area contributed by atoms with E-state index in [9.17, 15) is 4.79 Å². The number of nitrogen functional groups attached to an aromatic ring is 1. The van der Waals surface area contributed by atoms with Crippen molar-refractivity contribution in [2.75, 3.05) is 24.7 Å². The Morgan fingerprint density at radius 3 is 2.80 bits per heavy atom. The second-order valence-corrected chi connectivity index (χ2v) is 4.87. The lowest BCUT2D eigenvalue weighted by molar-refractivity contribution is 0.0951. The van der Waals surface area contributed by atoms with Gasteiger partial charge in [-0.2, -0.15) is 5.10 Å². The summed E-state index contributed by atoms with van der Waals surface area (Å²) in [5, 5.41) is 9.65. The topological polar surface area (TPSA) is 87.0 Å². The molecule has 2 rings (SSSR count). The number of carbonyl (C=O) groups is 1. The van der Waals surface area contributed by atoms with Crippen LogP contribution in [0.1, 0.15) is 21.6 Å². The van der Waals surface area contributed by atoms with E-state index in [1.807, 2.05) is 32.0 Å². The van der Waals surface area contributed by atoms with Crippen LogP contribution in [0.25, 0.3) is 0 Å². The lowest BCUT2D eigenvalue weighted by Gasteiger charge is -2.17. The van der Waals surface area contributed by atoms with Gasteiger partial charge in [-0.05, 0) is 25.1 Å². The first kappa shape index (κ1) is 13.9. The highest BCUT2D eigenvalue weighted by molar-refractivity contribution is 6.00. The molecule has 0 spiro atoms. The van der Waals surface area contributed by atoms with Gasteiger partial charge < -0.3 is 16.0 Å². The van der Waals surface area contributed by atoms with Crippen molar-refractivity contribution in [1.82, 2.24) is 15.5 Å². The molecule has 1 aromatic carbocycles. The summed E-state index contributed by atoms with van der Waals surface area (Å²) in [5.41, 5.74) is 9.65. The minimum Gasteiger partial charge on any atom is -0.399 e. The Morgan fingerprint density at radius 2 is 2.20 bits per heavy atom. The van der Waals surface area contributed by atoms with Gasteiger partial charge in [-0.1, -0.05) is 0 Å². The van der Waals surface area contributed by atoms with Crippen molar-refractivity contribution in [1.29, 1.82) is 0 Å². The molecule has 1 amide bonds. The highest BCUT2D eigenvalue weighted by Gasteiger charge is 2.13. The Morgan fingerprint density at radius 1 is 1.45 bits per heavy atom. The van der Waals surface area contributed by atoms with E-state index in [0.29, 0.717) is 17.8 Å². The maximum absolute atomic E-state index is 12.3. The zero-order chi connectivity index (χ0) is 14.7. The van der Waals surface area contributed by atoms with E-state index >= 15 is 0 Å². The minimum absolute atomic E-state index is 0.151. The number of nitrogens with one attached hydrogen (secondary N) is 2. The van der Waals surface area contributed by atoms with Crippen molar-refractivity contribution in [3.8, 4) is 0 Å². The largest absolute Gasteiger partial charge is 0.399 e. The van der Waals surface area contributed by atoms with Crippen molar-refractivity contribution in [3.63, 3.8) is 0 Å². The summed E-state index contributed by atoms with van der Waals surface area (Å²) in [6.45, 7) is 2.35. The molecule has 0 saturated heterocycles. The van der Waals surface area contributed by atoms with Gasteiger partial charge >= 0.3 is 0 Å². The fourth-order valence-corrected chi connectivity index (χ4v) is 1.95. The smallest absolute Gasteiger partial charge is 0.253 e. The number of rotatable bonds is 4. The van der Waals surface area contributed by atoms with E-state index in [1.54, 1.807) is 18.3 Å². The van der Waals surface area contributed by atoms with Gasteiger partial charge in [0.25, 0.3) is 5.91 Å². The Balaban J connectivity index is 2.16. The number of aromatic amines is 1. The quantitative estimate of drug-likeness (QED) is 0.733. The first-order valence-electron chi connectivity index (χ1n) is 6.33. The molecule has 1 heterocycles. The third kappa shape index (κ3) is 2.90. The van der Waals surface area contributed by atoms with Gasteiger partial charge in [0, 0.05) is 43.3 Å². The number of benzene rings is 1. The molecule has 106 valence electrons. The third-order valence-corrected chi connectivity index (χ3v) is 3.12. The summed E-state index contributed by atoms with van der Waals surface area (Å²) >= 11 is 0. The van der Waals surface area contributed by atoms with Gasteiger partial charge in [0.2, 0.25) is 0 Å². The van der Waals surface area contributed by atoms with Crippen molar-refractivity contribution >= 4 is 17.3 Å². The lowest BCUT2D eigenvalue weighted by Crippen LogP contribution is -2.25. The second kappa shape index (κ2) is 5.64. The first-order valence-corrected chi connectivity index (χ1v) is 6.33. The summed E-state index contributed by atoms with van der Waals surface area (Å²) in [6, 6.07) is 5.31. The van der Waals surface area contributed by atoms with E-state index in [2.05, 4.69) is 15.5 Å². The normalized spacial score (nSPS) is 10.3. The lowest BCUT2D eigenvalue weighted by atomic mass is 10.1. The summed E-state index contributed by atoms with van der Waals surface area (Å²) < 4.78 is 0. The molecular weight excluding hydrogens is 254 g/mol. The predicted molar refractivity (Wildman–Crippen MR) is 79.7 cm³/mol. The van der Waals surface area contributed by atoms with Crippen LogP contribution in [0.4, 0.5) is 11.4 Å². The molecular formula is C14H19N5O. The molecule has 0 radical (unpaired) electrons. The van der Waals surface area contributed by atoms with Crippen LogP contribution in [0.2, 0.25) is 0 Å². The van der Waals surface area contributed by atoms with Crippen LogP contribution in [-0.2, 0) is 6.54 Å². The molecule has 0 unspecified atom stereocenters. The molecule has 0 aliphatic rings. The zero-order valence-electron chi connectivity index (χ0n) is 11.9. The molecule has 0 atom stereocenters. The number of nitrogens with zero attached hydrogens (tertiary/aromatic N) is 2. The van der Waals surface area contributed by atoms with Gasteiger partial charge in [-0.3, -0.25) is 9.89 Å². The number of hydrogen-bond acceptors (Lipinski definition) is 4. The number of anilines is 2. The number of carbonyl (C=O) groups excluding carboxylic acids is 1. The van der Waals surface area contributed by atoms with E-state index in [0.717, 1.165) is 16.9 Å². The first-order chi connectivity index (χ1) is 9.49. The number of hydrogen-bond donors (Lipinski definition) is 3. The van der Waals surface area contributed by atoms with Crippen molar-refractivity contribution in [3.05, 3.63) is 41.2 Å². The Hall–Kier alpha value is -2.50. The van der Waals surface area contributed by atoms with Gasteiger partial charge in [-0.25, -0.2) is 0 Å². The van der Waals surface area contributed by atoms with Crippen LogP contribution >= 0.6 is 0 Å². The maximum atomic E-state index is 12.3. The zero-order valence-corrected chi connectivity index (χ0v) is 11.9. The van der Waals surface area contributed by atoms with E-state index in [1.165, 1.54) is 0 Å². The number of H-pyrrole nitrogens is 1. The van der Waals surface area contributed by atoms with Gasteiger partial charge in [0.1, 0.15) is 0 Å². The van der Waals surface area contributed by atoms with E-state index < -0.39 is 0 Å². The molecule has 0 fully saturated rings. The number of amides is 1. The van der Waals surface area contributed by atoms with Crippen LogP contribution in [0.15, 0.2) is 24.4 Å². The molecule has 4 N–H and O–H groups in total. The average molecular weight is 273 g/mol. The average Bonchev–Trinajstić information content (AvgIpc) is 2.81. The third-order valence-electron chi connectivity index (χ3n) is 3.12. The fourth-order valence-electron chi connectivity index (χ4n) is 1.95. The SMILES string of the molecule is Cc1[nH]ncc1CNC(=O)c1cc(N)ccc1N(C)C. The van der Waals surface area contributed by atoms with Crippen LogP contribution in [0, 0.1) is 6.92 Å². The molecule has 20 heavy (non-hydrogen) atoms. The molecule has 0 aliphatic carbocycles. The summed E-state index contributed by atoms with van der Waals surface area (Å²) in [7, 11) is 3.78. The number of nitrogens with two attached hydrogens (primary N) is 1. The predicted octanol–water partition coefficient (Wildman–Crippen LogP) is 1.30. The van der Waals surface area contributed by atoms with Crippen molar-refractivity contribution < 1.29 is 4.79 Å². The summed E-state index contributed by atoms with van der Waals surface area (Å²) in [6.07, 6.45) is 1.71. The molecule has 2 aromatic rings. The molecule has 1 aromatic heterocycles. The van der Waals surface area contributed by atoms with Crippen LogP contribution in [-0.4, -0.2) is 30.2 Å². The van der Waals surface area contributed by atoms with E-state index in [-0.39, 0.29) is 5.91 Å². The monoisotopic (exact) mass is 273 g/mol. The molecule has 6 nitrogen and oxygen atoms in total. The Labute approximate surface area is 118 Å². The standard InChI is InChI=1S/C14H19N5O/c1-9-10(8-17-18-9)7-16-14(20)12-6-11(15)4-5-13(12)19(2)3/h4-6,8H,7,15H2,1-3H3,(H,16,20)(H,17,18). The summed E-state index contributed by atoms with van der Waals surface area (Å²) in [5.74, 6) is -0.151. The van der Waals surface area contributed by atoms with Crippen molar-refractivity contribution in [2.24, 2.45) is 0 Å². The highest BCUT2D eigenvalue weighted by Crippen LogP contribution is 2.21. The minimum atomic E-state index is -0.151. The second-order valence-electron chi connectivity index (χ2n) is 4.87. The molecule has 0 bridgehead atoms. The fraction of sp³-hybridized carbons (Fsp3) is 0.286. The van der Waals surface area contributed by atoms with Gasteiger partial charge in [0.05, 0.1) is 11.8 Å². The van der Waals surface area contributed by atoms with Crippen LogP contribution in [0.5, 0.6) is 0 Å². The number of aryl methyl sites for hydroxylation is 1. The number of aromatic nitrogens is 2. The summed E-state index contributed by atoms with van der Waals surface area (Å²) in [4.78, 5) is 14.2. The van der Waals surface area contributed by atoms with Crippen LogP contribution in [0.3, 0.4) is 0 Å². The molecule has 0 aliphatic heterocycles. The van der Waals surface area contributed by atoms with Crippen molar-refractivity contribution in [2.45, 2.75) is 13.5 Å².